The van der Waals surface area contributed by atoms with Gasteiger partial charge in [0, 0.05) is 32.1 Å². The fourth-order valence-electron chi connectivity index (χ4n) is 3.58. The van der Waals surface area contributed by atoms with Gasteiger partial charge in [-0.25, -0.2) is 0 Å². The van der Waals surface area contributed by atoms with Gasteiger partial charge in [0.1, 0.15) is 0 Å². The molecule has 0 fully saturated rings. The van der Waals surface area contributed by atoms with Crippen LogP contribution in [0.3, 0.4) is 0 Å². The first-order valence-electron chi connectivity index (χ1n) is 10.2. The fraction of sp³-hybridized carbons (Fsp3) is 0.154. The summed E-state index contributed by atoms with van der Waals surface area (Å²) in [5, 5.41) is 20.0. The highest BCUT2D eigenvalue weighted by Crippen LogP contribution is 2.61. The lowest BCUT2D eigenvalue weighted by molar-refractivity contribution is 1.45. The molecule has 0 unspecified atom stereocenters. The summed E-state index contributed by atoms with van der Waals surface area (Å²) in [7, 11) is 0. The Morgan fingerprint density at radius 1 is 0.647 bits per heavy atom. The number of rotatable bonds is 5. The van der Waals surface area contributed by atoms with Crippen LogP contribution in [0.15, 0.2) is 75.3 Å². The van der Waals surface area contributed by atoms with Crippen LogP contribution < -0.4 is 0 Å². The summed E-state index contributed by atoms with van der Waals surface area (Å²) < 4.78 is 4.85. The molecule has 0 N–H and O–H groups in total. The van der Waals surface area contributed by atoms with E-state index in [9.17, 15) is 10.5 Å². The molecule has 2 aliphatic rings. The summed E-state index contributed by atoms with van der Waals surface area (Å²) in [6.45, 7) is 4.30. The van der Waals surface area contributed by atoms with E-state index in [2.05, 4.69) is 38.5 Å². The van der Waals surface area contributed by atoms with Gasteiger partial charge in [0.05, 0.1) is 40.2 Å². The minimum Gasteiger partial charge on any atom is -0.192 e. The average molecular weight is 553 g/mol. The number of thioether (sulfide) groups is 6. The van der Waals surface area contributed by atoms with Crippen molar-refractivity contribution in [3.63, 3.8) is 0 Å². The monoisotopic (exact) mass is 552 g/mol. The molecule has 4 rings (SSSR count). The Kier molecular flexibility index (Phi) is 8.63. The molecule has 2 aromatic rings. The molecule has 2 aromatic carbocycles. The van der Waals surface area contributed by atoms with Gasteiger partial charge in [0.25, 0.3) is 0 Å². The molecule has 0 saturated carbocycles. The zero-order chi connectivity index (χ0) is 24.2. The normalized spacial score (nSPS) is 18.8. The highest BCUT2D eigenvalue weighted by atomic mass is 32.2. The maximum Gasteiger partial charge on any atom is 0.0998 e. The van der Waals surface area contributed by atoms with E-state index in [4.69, 9.17) is 0 Å². The topological polar surface area (TPSA) is 47.6 Å². The van der Waals surface area contributed by atoms with Crippen LogP contribution in [-0.4, -0.2) is 12.5 Å². The van der Waals surface area contributed by atoms with E-state index in [-0.39, 0.29) is 0 Å². The van der Waals surface area contributed by atoms with Crippen molar-refractivity contribution in [3.05, 3.63) is 97.5 Å². The van der Waals surface area contributed by atoms with Crippen molar-refractivity contribution in [2.75, 3.05) is 12.5 Å². The molecule has 8 heteroatoms. The van der Waals surface area contributed by atoms with Gasteiger partial charge in [-0.2, -0.15) is 10.5 Å². The molecule has 0 bridgehead atoms. The maximum absolute atomic E-state index is 10.0. The van der Waals surface area contributed by atoms with Crippen LogP contribution in [0.5, 0.6) is 0 Å². The van der Waals surface area contributed by atoms with Gasteiger partial charge in [-0.1, -0.05) is 83.4 Å². The number of hydrogen-bond acceptors (Lipinski definition) is 8. The summed E-state index contributed by atoms with van der Waals surface area (Å²) >= 11 is 10.6. The first-order valence-corrected chi connectivity index (χ1v) is 15.9. The van der Waals surface area contributed by atoms with E-state index in [1.54, 1.807) is 70.6 Å². The van der Waals surface area contributed by atoms with E-state index in [1.165, 1.54) is 18.3 Å². The maximum atomic E-state index is 10.0. The number of hydrogen-bond donors (Lipinski definition) is 0. The first-order chi connectivity index (χ1) is 16.5. The van der Waals surface area contributed by atoms with Crippen molar-refractivity contribution < 1.29 is 0 Å². The van der Waals surface area contributed by atoms with Crippen molar-refractivity contribution >= 4 is 81.7 Å². The predicted octanol–water partition coefficient (Wildman–Crippen LogP) is 9.53. The van der Waals surface area contributed by atoms with Crippen molar-refractivity contribution in [1.29, 1.82) is 10.5 Å². The molecular formula is C26H20N2S6. The minimum atomic E-state index is 0.636. The van der Waals surface area contributed by atoms with E-state index in [0.29, 0.717) is 11.1 Å². The quantitative estimate of drug-likeness (QED) is 0.363. The van der Waals surface area contributed by atoms with Crippen LogP contribution in [0.4, 0.5) is 0 Å². The Morgan fingerprint density at radius 3 is 1.35 bits per heavy atom. The van der Waals surface area contributed by atoms with Crippen molar-refractivity contribution in [2.24, 2.45) is 0 Å². The standard InChI is InChI=1S/C26H20N2S6/c1-15-23(29-3)33-25(31-15)21(19-11-7-5-9-17(19)13-27)22(20-12-8-6-10-18(20)14-28)26-32-16(2)24(30-4)34-26/h5-12H,1-4H3/b25-21-,26-22+. The van der Waals surface area contributed by atoms with Crippen LogP contribution in [0.25, 0.3) is 11.1 Å². The molecule has 0 radical (unpaired) electrons. The van der Waals surface area contributed by atoms with Crippen LogP contribution in [0.2, 0.25) is 0 Å². The van der Waals surface area contributed by atoms with Crippen LogP contribution in [-0.2, 0) is 0 Å². The Balaban J connectivity index is 2.08. The van der Waals surface area contributed by atoms with Gasteiger partial charge in [-0.15, -0.1) is 23.5 Å². The van der Waals surface area contributed by atoms with Crippen LogP contribution in [0.1, 0.15) is 36.1 Å². The third kappa shape index (κ3) is 5.04. The average Bonchev–Trinajstić information content (AvgIpc) is 3.43. The molecule has 0 aliphatic carbocycles. The summed E-state index contributed by atoms with van der Waals surface area (Å²) in [5.74, 6) is 0. The molecule has 2 heterocycles. The first kappa shape index (κ1) is 25.6. The lowest BCUT2D eigenvalue weighted by Crippen LogP contribution is -1.99. The zero-order valence-corrected chi connectivity index (χ0v) is 23.9. The smallest absolute Gasteiger partial charge is 0.0998 e. The fourth-order valence-corrected chi connectivity index (χ4v) is 11.1. The van der Waals surface area contributed by atoms with Gasteiger partial charge in [-0.3, -0.25) is 0 Å². The highest BCUT2D eigenvalue weighted by molar-refractivity contribution is 8.36. The lowest BCUT2D eigenvalue weighted by Gasteiger charge is -2.20. The molecule has 170 valence electrons. The highest BCUT2D eigenvalue weighted by Gasteiger charge is 2.31. The van der Waals surface area contributed by atoms with Crippen LogP contribution >= 0.6 is 70.6 Å². The molecule has 2 nitrogen and oxygen atoms in total. The molecule has 0 amide bonds. The predicted molar refractivity (Wildman–Crippen MR) is 159 cm³/mol. The second-order valence-electron chi connectivity index (χ2n) is 7.14. The van der Waals surface area contributed by atoms with Gasteiger partial charge in [-0.05, 0) is 38.5 Å². The number of nitrogens with zero attached hydrogens (tertiary/aromatic N) is 2. The Hall–Kier alpha value is -1.52. The Labute approximate surface area is 226 Å². The van der Waals surface area contributed by atoms with E-state index < -0.39 is 0 Å². The van der Waals surface area contributed by atoms with Crippen molar-refractivity contribution in [3.8, 4) is 12.1 Å². The van der Waals surface area contributed by atoms with Gasteiger partial charge >= 0.3 is 0 Å². The Morgan fingerprint density at radius 2 is 1.03 bits per heavy atom. The largest absolute Gasteiger partial charge is 0.192 e. The molecular weight excluding hydrogens is 533 g/mol. The van der Waals surface area contributed by atoms with Crippen molar-refractivity contribution in [2.45, 2.75) is 13.8 Å². The SMILES string of the molecule is CSC1=C(C)S/C(=C(/C(=C2\SC(C)=C(SC)S2)c2ccccc2C#N)c2ccccc2C#N)S1. The van der Waals surface area contributed by atoms with Crippen molar-refractivity contribution in [1.82, 2.24) is 0 Å². The van der Waals surface area contributed by atoms with Gasteiger partial charge < -0.3 is 0 Å². The number of nitriles is 2. The summed E-state index contributed by atoms with van der Waals surface area (Å²) in [5.41, 5.74) is 5.14. The van der Waals surface area contributed by atoms with E-state index >= 15 is 0 Å². The molecule has 0 atom stereocenters. The minimum absolute atomic E-state index is 0.636. The van der Waals surface area contributed by atoms with E-state index in [0.717, 1.165) is 30.7 Å². The molecule has 0 spiro atoms. The van der Waals surface area contributed by atoms with Gasteiger partial charge in [0.15, 0.2) is 0 Å². The second-order valence-corrected chi connectivity index (χ2v) is 14.3. The molecule has 0 saturated heterocycles. The second kappa shape index (κ2) is 11.5. The number of benzene rings is 2. The summed E-state index contributed by atoms with van der Waals surface area (Å²) in [4.78, 5) is 2.53. The third-order valence-corrected chi connectivity index (χ3v) is 13.0. The Bertz CT molecular complexity index is 1260. The zero-order valence-electron chi connectivity index (χ0n) is 19.0. The lowest BCUT2D eigenvalue weighted by atomic mass is 9.90. The van der Waals surface area contributed by atoms with Crippen LogP contribution in [0, 0.1) is 22.7 Å². The molecule has 34 heavy (non-hydrogen) atoms. The molecule has 2 aliphatic heterocycles. The van der Waals surface area contributed by atoms with Gasteiger partial charge in [0.2, 0.25) is 0 Å². The number of allylic oxidation sites excluding steroid dienone is 4. The summed E-state index contributed by atoms with van der Waals surface area (Å²) in [6, 6.07) is 20.4. The third-order valence-electron chi connectivity index (χ3n) is 5.10. The molecule has 0 aromatic heterocycles. The summed E-state index contributed by atoms with van der Waals surface area (Å²) in [6.07, 6.45) is 4.20. The van der Waals surface area contributed by atoms with E-state index in [1.807, 2.05) is 48.5 Å².